The zero-order chi connectivity index (χ0) is 24.0. The van der Waals surface area contributed by atoms with Crippen LogP contribution in [0.25, 0.3) is 0 Å². The lowest BCUT2D eigenvalue weighted by Gasteiger charge is -2.39. The lowest BCUT2D eigenvalue weighted by Crippen LogP contribution is -2.58. The molecule has 2 rings (SSSR count). The van der Waals surface area contributed by atoms with E-state index in [1.165, 1.54) is 23.6 Å². The summed E-state index contributed by atoms with van der Waals surface area (Å²) >= 11 is 0. The highest BCUT2D eigenvalue weighted by molar-refractivity contribution is 7.90. The van der Waals surface area contributed by atoms with Gasteiger partial charge in [-0.2, -0.15) is 5.26 Å². The Morgan fingerprint density at radius 2 is 1.76 bits per heavy atom. The number of allylic oxidation sites excluding steroid dienone is 2. The van der Waals surface area contributed by atoms with Crippen LogP contribution in [0.3, 0.4) is 0 Å². The Balaban J connectivity index is 2.25. The van der Waals surface area contributed by atoms with Crippen LogP contribution in [0.5, 0.6) is 0 Å². The Bertz CT molecular complexity index is 816. The van der Waals surface area contributed by atoms with Crippen LogP contribution in [-0.2, 0) is 14.8 Å². The van der Waals surface area contributed by atoms with Crippen molar-refractivity contribution in [3.63, 3.8) is 0 Å². The van der Waals surface area contributed by atoms with Crippen LogP contribution in [-0.4, -0.2) is 43.1 Å². The number of sulfonamides is 1. The van der Waals surface area contributed by atoms with Gasteiger partial charge in [-0.1, -0.05) is 56.6 Å². The molecule has 1 saturated heterocycles. The van der Waals surface area contributed by atoms with Crippen LogP contribution in [0.2, 0.25) is 0 Å². The zero-order valence-corrected chi connectivity index (χ0v) is 21.1. The molecule has 1 unspecified atom stereocenters. The van der Waals surface area contributed by atoms with E-state index in [0.29, 0.717) is 51.7 Å². The summed E-state index contributed by atoms with van der Waals surface area (Å²) in [5.74, 6) is -0.166. The smallest absolute Gasteiger partial charge is 0.259 e. The van der Waals surface area contributed by atoms with Gasteiger partial charge < -0.3 is 10.6 Å². The molecule has 8 heteroatoms. The van der Waals surface area contributed by atoms with Gasteiger partial charge >= 0.3 is 0 Å². The summed E-state index contributed by atoms with van der Waals surface area (Å²) in [4.78, 5) is 11.6. The molecule has 1 fully saturated rings. The lowest BCUT2D eigenvalue weighted by molar-refractivity contribution is -0.122. The summed E-state index contributed by atoms with van der Waals surface area (Å²) in [5.41, 5.74) is 1.03. The number of rotatable bonds is 8. The molecule has 2 N–H and O–H groups in total. The molecule has 33 heavy (non-hydrogen) atoms. The van der Waals surface area contributed by atoms with Crippen LogP contribution < -0.4 is 10.6 Å². The molecule has 0 bridgehead atoms. The highest BCUT2D eigenvalue weighted by Gasteiger charge is 2.46. The van der Waals surface area contributed by atoms with E-state index in [1.54, 1.807) is 6.20 Å². The molecule has 0 aromatic carbocycles. The number of hydrogen-bond acceptors (Lipinski definition) is 5. The minimum atomic E-state index is -3.82. The summed E-state index contributed by atoms with van der Waals surface area (Å²) in [5, 5.41) is 15.0. The molecule has 7 nitrogen and oxygen atoms in total. The van der Waals surface area contributed by atoms with Gasteiger partial charge in [0.05, 0.1) is 12.6 Å². The number of nitrogens with zero attached hydrogens (tertiary/aromatic N) is 2. The van der Waals surface area contributed by atoms with Gasteiger partial charge in [-0.15, -0.1) is 0 Å². The van der Waals surface area contributed by atoms with E-state index in [0.717, 1.165) is 44.1 Å². The second-order valence-corrected chi connectivity index (χ2v) is 11.5. The molecule has 186 valence electrons. The van der Waals surface area contributed by atoms with Crippen LogP contribution in [0.4, 0.5) is 0 Å². The Labute approximate surface area is 200 Å². The average Bonchev–Trinajstić information content (AvgIpc) is 2.79. The molecule has 0 aromatic rings. The molecule has 2 aliphatic heterocycles. The average molecular weight is 479 g/mol. The second-order valence-electron chi connectivity index (χ2n) is 9.32. The van der Waals surface area contributed by atoms with Crippen molar-refractivity contribution in [2.45, 2.75) is 102 Å². The van der Waals surface area contributed by atoms with Gasteiger partial charge in [0.25, 0.3) is 10.0 Å². The van der Waals surface area contributed by atoms with Crippen molar-refractivity contribution in [2.75, 3.05) is 19.6 Å². The van der Waals surface area contributed by atoms with E-state index >= 15 is 0 Å². The Morgan fingerprint density at radius 1 is 1.09 bits per heavy atom. The minimum absolute atomic E-state index is 0.166. The maximum absolute atomic E-state index is 14.0. The van der Waals surface area contributed by atoms with Crippen LogP contribution in [0.15, 0.2) is 23.9 Å². The minimum Gasteiger partial charge on any atom is -0.336 e. The Kier molecular flexibility index (Phi) is 12.0. The molecule has 2 aliphatic rings. The fourth-order valence-corrected chi connectivity index (χ4v) is 6.55. The van der Waals surface area contributed by atoms with Crippen molar-refractivity contribution in [1.82, 2.24) is 14.9 Å². The maximum Gasteiger partial charge on any atom is 0.259 e. The van der Waals surface area contributed by atoms with E-state index in [2.05, 4.69) is 16.7 Å². The molecule has 0 radical (unpaired) electrons. The predicted molar refractivity (Wildman–Crippen MR) is 133 cm³/mol. The zero-order valence-electron chi connectivity index (χ0n) is 20.3. The van der Waals surface area contributed by atoms with E-state index in [1.807, 2.05) is 19.1 Å². The summed E-state index contributed by atoms with van der Waals surface area (Å²) in [6.45, 7) is 3.44. The molecule has 0 spiro atoms. The van der Waals surface area contributed by atoms with Gasteiger partial charge in [0.15, 0.2) is 4.87 Å². The van der Waals surface area contributed by atoms with Gasteiger partial charge in [0.1, 0.15) is 0 Å². The summed E-state index contributed by atoms with van der Waals surface area (Å²) in [6.07, 6.45) is 16.9. The van der Waals surface area contributed by atoms with Gasteiger partial charge in [-0.05, 0) is 51.6 Å². The van der Waals surface area contributed by atoms with Gasteiger partial charge in [0.2, 0.25) is 5.91 Å². The van der Waals surface area contributed by atoms with Crippen LogP contribution in [0.1, 0.15) is 96.8 Å². The number of hydrogen-bond donors (Lipinski definition) is 2. The Morgan fingerprint density at radius 3 is 2.39 bits per heavy atom. The van der Waals surface area contributed by atoms with Gasteiger partial charge in [-0.25, -0.2) is 8.42 Å². The maximum atomic E-state index is 14.0. The van der Waals surface area contributed by atoms with Crippen molar-refractivity contribution >= 4 is 15.9 Å². The molecule has 1 atom stereocenters. The molecule has 1 amide bonds. The molecular formula is C25H42N4O3S. The fourth-order valence-electron chi connectivity index (χ4n) is 4.56. The first-order valence-corrected chi connectivity index (χ1v) is 14.1. The summed E-state index contributed by atoms with van der Waals surface area (Å²) in [6, 6.07) is 2.11. The summed E-state index contributed by atoms with van der Waals surface area (Å²) < 4.78 is 29.4. The normalized spacial score (nSPS) is 23.8. The van der Waals surface area contributed by atoms with E-state index in [-0.39, 0.29) is 5.91 Å². The second kappa shape index (κ2) is 14.4. The molecule has 0 aromatic heterocycles. The van der Waals surface area contributed by atoms with Crippen LogP contribution in [0, 0.1) is 11.3 Å². The number of amides is 1. The van der Waals surface area contributed by atoms with Crippen LogP contribution >= 0.6 is 0 Å². The fraction of sp³-hybridized carbons (Fsp3) is 0.760. The number of nitriles is 1. The van der Waals surface area contributed by atoms with Gasteiger partial charge in [0, 0.05) is 25.6 Å². The van der Waals surface area contributed by atoms with E-state index in [4.69, 9.17) is 5.26 Å². The van der Waals surface area contributed by atoms with Crippen molar-refractivity contribution in [1.29, 1.82) is 5.26 Å². The van der Waals surface area contributed by atoms with E-state index < -0.39 is 14.9 Å². The first-order chi connectivity index (χ1) is 15.9. The number of carbonyl (C=O) groups is 1. The number of carbonyl (C=O) groups excluding carboxylic acids is 1. The van der Waals surface area contributed by atoms with Crippen molar-refractivity contribution in [3.8, 4) is 6.07 Å². The monoisotopic (exact) mass is 478 g/mol. The molecule has 0 saturated carbocycles. The third-order valence-electron chi connectivity index (χ3n) is 6.60. The summed E-state index contributed by atoms with van der Waals surface area (Å²) in [7, 11) is -3.82. The SMILES string of the molecule is CC1=CCN(S(=O)(=O)C2(CCCNCCC#N)CCCCCCCCCCCC(=O)N2)C=C1. The highest BCUT2D eigenvalue weighted by atomic mass is 32.2. The molecule has 2 heterocycles. The standard InChI is InChI=1S/C25H42N4O3S/c1-23-14-21-29(22-15-23)33(31,32)25(17-11-19-27-20-12-18-26)16-10-8-6-4-2-3-5-7-9-13-24(30)28-25/h14-15,21,27H,2-13,16-17,19-20,22H2,1H3,(H,28,30). The van der Waals surface area contributed by atoms with Crippen molar-refractivity contribution in [3.05, 3.63) is 23.9 Å². The largest absolute Gasteiger partial charge is 0.336 e. The lowest BCUT2D eigenvalue weighted by atomic mass is 9.99. The molecule has 0 aliphatic carbocycles. The van der Waals surface area contributed by atoms with Crippen molar-refractivity contribution in [2.24, 2.45) is 0 Å². The van der Waals surface area contributed by atoms with E-state index in [9.17, 15) is 13.2 Å². The Hall–Kier alpha value is -1.85. The third kappa shape index (κ3) is 8.78. The first kappa shape index (κ1) is 27.4. The quantitative estimate of drug-likeness (QED) is 0.500. The highest BCUT2D eigenvalue weighted by Crippen LogP contribution is 2.32. The van der Waals surface area contributed by atoms with Gasteiger partial charge in [-0.3, -0.25) is 9.10 Å². The van der Waals surface area contributed by atoms with Crippen molar-refractivity contribution < 1.29 is 13.2 Å². The topological polar surface area (TPSA) is 102 Å². The molecular weight excluding hydrogens is 436 g/mol. The predicted octanol–water partition coefficient (Wildman–Crippen LogP) is 4.49. The number of nitrogens with one attached hydrogen (secondary N) is 2. The third-order valence-corrected chi connectivity index (χ3v) is 8.98. The first-order valence-electron chi connectivity index (χ1n) is 12.7.